The highest BCUT2D eigenvalue weighted by Crippen LogP contribution is 2.40. The van der Waals surface area contributed by atoms with Gasteiger partial charge in [-0.2, -0.15) is 18.3 Å². The predicted octanol–water partition coefficient (Wildman–Crippen LogP) is 4.17. The number of rotatable bonds is 9. The molecule has 5 heterocycles. The second-order valence-electron chi connectivity index (χ2n) is 10.4. The van der Waals surface area contributed by atoms with E-state index in [1.165, 1.54) is 23.0 Å². The van der Waals surface area contributed by atoms with Crippen LogP contribution in [0.2, 0.25) is 0 Å². The number of likely N-dealkylation sites (tertiary alicyclic amines) is 1. The van der Waals surface area contributed by atoms with E-state index in [4.69, 9.17) is 4.84 Å². The summed E-state index contributed by atoms with van der Waals surface area (Å²) in [4.78, 5) is 39.2. The molecule has 3 aromatic heterocycles. The van der Waals surface area contributed by atoms with Crippen LogP contribution in [-0.2, 0) is 28.8 Å². The third-order valence-electron chi connectivity index (χ3n) is 7.78. The maximum atomic E-state index is 13.7. The molecule has 0 aliphatic carbocycles. The van der Waals surface area contributed by atoms with Gasteiger partial charge in [-0.1, -0.05) is 6.92 Å². The number of halogens is 5. The summed E-state index contributed by atoms with van der Waals surface area (Å²) < 4.78 is 68.9. The minimum absolute atomic E-state index is 0.000580. The highest BCUT2D eigenvalue weighted by Gasteiger charge is 2.56. The number of hydrogen-bond acceptors (Lipinski definition) is 8. The molecule has 6 rings (SSSR count). The quantitative estimate of drug-likeness (QED) is 0.224. The summed E-state index contributed by atoms with van der Waals surface area (Å²) in [6, 6.07) is 5.18. The Morgan fingerprint density at radius 3 is 2.67 bits per heavy atom. The standard InChI is InChI=1S/C27H25F5N8O3/c1-2-16-9-17(3-4-18(16)25(42)37-13-26(14-37)5-7-40(26)43-15-41)35-23-24-34-10-20(39(24)8-6-33-23)19-11-38(12-21(28)29)36-22(19)27(30,31)32/h3-4,6,8-11,15,21H,2,5,7,12-14H2,1H3,(H,33,35). The number of benzene rings is 1. The Morgan fingerprint density at radius 1 is 1.23 bits per heavy atom. The number of amides is 1. The maximum absolute atomic E-state index is 13.7. The zero-order chi connectivity index (χ0) is 30.5. The summed E-state index contributed by atoms with van der Waals surface area (Å²) in [7, 11) is 0. The predicted molar refractivity (Wildman–Crippen MR) is 141 cm³/mol. The van der Waals surface area contributed by atoms with Crippen LogP contribution >= 0.6 is 0 Å². The number of hydrogen-bond donors (Lipinski definition) is 1. The van der Waals surface area contributed by atoms with Crippen molar-refractivity contribution in [2.45, 2.75) is 44.5 Å². The number of imidazole rings is 1. The van der Waals surface area contributed by atoms with Crippen molar-refractivity contribution in [3.8, 4) is 11.3 Å². The zero-order valence-corrected chi connectivity index (χ0v) is 22.7. The molecule has 2 aliphatic heterocycles. The van der Waals surface area contributed by atoms with Crippen molar-refractivity contribution in [1.29, 1.82) is 0 Å². The van der Waals surface area contributed by atoms with Crippen LogP contribution < -0.4 is 5.32 Å². The highest BCUT2D eigenvalue weighted by atomic mass is 19.4. The van der Waals surface area contributed by atoms with Crippen molar-refractivity contribution < 1.29 is 36.4 Å². The number of aromatic nitrogens is 5. The van der Waals surface area contributed by atoms with E-state index in [1.807, 2.05) is 6.92 Å². The lowest BCUT2D eigenvalue weighted by Gasteiger charge is -2.60. The summed E-state index contributed by atoms with van der Waals surface area (Å²) in [5.74, 6) is 0.0892. The number of nitrogens with one attached hydrogen (secondary N) is 1. The Morgan fingerprint density at radius 2 is 2.02 bits per heavy atom. The number of carbonyl (C=O) groups is 2. The maximum Gasteiger partial charge on any atom is 0.435 e. The minimum atomic E-state index is -4.88. The Bertz CT molecular complexity index is 1700. The van der Waals surface area contributed by atoms with Crippen LogP contribution in [0.15, 0.2) is 43.0 Å². The molecular weight excluding hydrogens is 579 g/mol. The molecule has 0 atom stereocenters. The summed E-state index contributed by atoms with van der Waals surface area (Å²) >= 11 is 0. The smallest absolute Gasteiger partial charge is 0.370 e. The van der Waals surface area contributed by atoms with E-state index in [0.29, 0.717) is 48.5 Å². The lowest BCUT2D eigenvalue weighted by Crippen LogP contribution is -2.77. The molecule has 0 radical (unpaired) electrons. The van der Waals surface area contributed by atoms with E-state index in [0.717, 1.165) is 18.2 Å². The van der Waals surface area contributed by atoms with E-state index < -0.39 is 30.4 Å². The lowest BCUT2D eigenvalue weighted by molar-refractivity contribution is -0.277. The van der Waals surface area contributed by atoms with Crippen LogP contribution in [0.1, 0.15) is 35.0 Å². The fourth-order valence-electron chi connectivity index (χ4n) is 5.60. The van der Waals surface area contributed by atoms with E-state index >= 15 is 0 Å². The SMILES string of the molecule is CCc1cc(Nc2nccn3c(-c4cn(CC(F)F)nc4C(F)(F)F)cnc23)ccc1C(=O)N1CC2(CCN2OC=O)C1. The Labute approximate surface area is 240 Å². The van der Waals surface area contributed by atoms with Crippen molar-refractivity contribution in [3.05, 3.63) is 59.8 Å². The Kier molecular flexibility index (Phi) is 7.02. The molecule has 1 N–H and O–H groups in total. The molecule has 4 aromatic rings. The van der Waals surface area contributed by atoms with Crippen LogP contribution in [0, 0.1) is 0 Å². The number of fused-ring (bicyclic) bond motifs is 1. The van der Waals surface area contributed by atoms with Gasteiger partial charge in [0.05, 0.1) is 23.0 Å². The van der Waals surface area contributed by atoms with Gasteiger partial charge in [-0.3, -0.25) is 18.7 Å². The third-order valence-corrected chi connectivity index (χ3v) is 7.78. The third kappa shape index (κ3) is 5.04. The van der Waals surface area contributed by atoms with Crippen LogP contribution in [0.5, 0.6) is 0 Å². The molecule has 43 heavy (non-hydrogen) atoms. The number of carbonyl (C=O) groups excluding carboxylic acids is 2. The molecule has 0 bridgehead atoms. The molecule has 0 unspecified atom stereocenters. The molecule has 1 amide bonds. The largest absolute Gasteiger partial charge is 0.435 e. The minimum Gasteiger partial charge on any atom is -0.370 e. The van der Waals surface area contributed by atoms with E-state index in [9.17, 15) is 31.5 Å². The summed E-state index contributed by atoms with van der Waals surface area (Å²) in [6.45, 7) is 2.84. The second kappa shape index (κ2) is 10.6. The van der Waals surface area contributed by atoms with Crippen molar-refractivity contribution in [2.75, 3.05) is 25.0 Å². The molecule has 2 aliphatic rings. The van der Waals surface area contributed by atoms with E-state index in [1.54, 1.807) is 28.2 Å². The summed E-state index contributed by atoms with van der Waals surface area (Å²) in [6.07, 6.45) is -1.49. The first-order valence-electron chi connectivity index (χ1n) is 13.4. The number of nitrogens with zero attached hydrogens (tertiary/aromatic N) is 7. The van der Waals surface area contributed by atoms with Crippen LogP contribution in [0.4, 0.5) is 33.5 Å². The van der Waals surface area contributed by atoms with Gasteiger partial charge in [-0.15, -0.1) is 5.06 Å². The van der Waals surface area contributed by atoms with Crippen molar-refractivity contribution in [1.82, 2.24) is 34.1 Å². The molecule has 2 saturated heterocycles. The molecule has 0 saturated carbocycles. The van der Waals surface area contributed by atoms with E-state index in [-0.39, 0.29) is 28.6 Å². The lowest BCUT2D eigenvalue weighted by atomic mass is 9.79. The van der Waals surface area contributed by atoms with Crippen molar-refractivity contribution in [2.24, 2.45) is 0 Å². The summed E-state index contributed by atoms with van der Waals surface area (Å²) in [5.41, 5.74) is 0.0400. The van der Waals surface area contributed by atoms with E-state index in [2.05, 4.69) is 20.4 Å². The zero-order valence-electron chi connectivity index (χ0n) is 22.7. The van der Waals surface area contributed by atoms with Gasteiger partial charge in [0.15, 0.2) is 17.2 Å². The van der Waals surface area contributed by atoms with Gasteiger partial charge in [0.2, 0.25) is 0 Å². The average Bonchev–Trinajstić information content (AvgIpc) is 3.54. The highest BCUT2D eigenvalue weighted by molar-refractivity contribution is 5.97. The van der Waals surface area contributed by atoms with Gasteiger partial charge < -0.3 is 15.1 Å². The number of alkyl halides is 5. The van der Waals surface area contributed by atoms with Crippen LogP contribution in [0.25, 0.3) is 16.9 Å². The molecule has 226 valence electrons. The molecule has 1 spiro atoms. The van der Waals surface area contributed by atoms with Gasteiger partial charge >= 0.3 is 12.6 Å². The van der Waals surface area contributed by atoms with Gasteiger partial charge in [-0.25, -0.2) is 18.7 Å². The first-order valence-corrected chi connectivity index (χ1v) is 13.4. The molecule has 11 nitrogen and oxygen atoms in total. The normalized spacial score (nSPS) is 16.4. The molecule has 2 fully saturated rings. The Balaban J connectivity index is 1.25. The van der Waals surface area contributed by atoms with Crippen molar-refractivity contribution in [3.63, 3.8) is 0 Å². The van der Waals surface area contributed by atoms with Crippen molar-refractivity contribution >= 4 is 29.5 Å². The van der Waals surface area contributed by atoms with Crippen LogP contribution in [0.3, 0.4) is 0 Å². The topological polar surface area (TPSA) is 110 Å². The number of hydroxylamine groups is 2. The first-order chi connectivity index (χ1) is 20.5. The molecular formula is C27H25F5N8O3. The monoisotopic (exact) mass is 604 g/mol. The fraction of sp³-hybridized carbons (Fsp3) is 0.370. The van der Waals surface area contributed by atoms with Gasteiger partial charge in [0.1, 0.15) is 6.54 Å². The Hall–Kier alpha value is -4.60. The fourth-order valence-corrected chi connectivity index (χ4v) is 5.60. The van der Waals surface area contributed by atoms with Gasteiger partial charge in [0.25, 0.3) is 12.3 Å². The van der Waals surface area contributed by atoms with Crippen LogP contribution in [-0.4, -0.2) is 78.1 Å². The van der Waals surface area contributed by atoms with Gasteiger partial charge in [0, 0.05) is 49.5 Å². The second-order valence-corrected chi connectivity index (χ2v) is 10.4. The molecule has 1 aromatic carbocycles. The van der Waals surface area contributed by atoms with Gasteiger partial charge in [-0.05, 0) is 36.6 Å². The number of aryl methyl sites for hydroxylation is 1. The summed E-state index contributed by atoms with van der Waals surface area (Å²) in [5, 5.41) is 8.07. The average molecular weight is 605 g/mol. The number of anilines is 2. The molecule has 16 heteroatoms. The first kappa shape index (κ1) is 28.5.